The highest BCUT2D eigenvalue weighted by molar-refractivity contribution is 6.62. The van der Waals surface area contributed by atoms with Crippen molar-refractivity contribution in [3.05, 3.63) is 24.0 Å². The van der Waals surface area contributed by atoms with Gasteiger partial charge in [-0.2, -0.15) is 0 Å². The van der Waals surface area contributed by atoms with Crippen molar-refractivity contribution in [3.8, 4) is 0 Å². The molecule has 86 valence electrons. The van der Waals surface area contributed by atoms with Crippen LogP contribution in [0.2, 0.25) is 0 Å². The lowest BCUT2D eigenvalue weighted by molar-refractivity contribution is 0.00578. The molecule has 1 aromatic rings. The summed E-state index contributed by atoms with van der Waals surface area (Å²) in [5.74, 6) is 0. The lowest BCUT2D eigenvalue weighted by atomic mass is 9.77. The van der Waals surface area contributed by atoms with Gasteiger partial charge in [-0.25, -0.2) is 0 Å². The molecule has 1 aromatic heterocycles. The van der Waals surface area contributed by atoms with E-state index >= 15 is 0 Å². The summed E-state index contributed by atoms with van der Waals surface area (Å²) >= 11 is 0. The van der Waals surface area contributed by atoms with Crippen molar-refractivity contribution in [2.24, 2.45) is 0 Å². The molecule has 0 spiro atoms. The van der Waals surface area contributed by atoms with Crippen LogP contribution in [-0.4, -0.2) is 23.3 Å². The normalized spacial score (nSPS) is 22.4. The van der Waals surface area contributed by atoms with E-state index in [-0.39, 0.29) is 18.3 Å². The van der Waals surface area contributed by atoms with Crippen LogP contribution >= 0.6 is 0 Å². The van der Waals surface area contributed by atoms with Crippen molar-refractivity contribution >= 4 is 12.6 Å². The zero-order chi connectivity index (χ0) is 12.0. The van der Waals surface area contributed by atoms with E-state index in [1.807, 2.05) is 19.2 Å². The average Bonchev–Trinajstić information content (AvgIpc) is 2.36. The minimum atomic E-state index is -0.307. The number of nitrogens with zero attached hydrogens (tertiary/aromatic N) is 1. The van der Waals surface area contributed by atoms with Gasteiger partial charge >= 0.3 is 7.12 Å². The maximum atomic E-state index is 5.97. The summed E-state index contributed by atoms with van der Waals surface area (Å²) < 4.78 is 11.9. The van der Waals surface area contributed by atoms with Gasteiger partial charge in [-0.05, 0) is 46.2 Å². The number of aryl methyl sites for hydroxylation is 1. The van der Waals surface area contributed by atoms with Gasteiger partial charge < -0.3 is 9.31 Å². The molecule has 2 rings (SSSR count). The van der Waals surface area contributed by atoms with E-state index in [1.54, 1.807) is 6.20 Å². The van der Waals surface area contributed by atoms with Crippen LogP contribution in [0.3, 0.4) is 0 Å². The first-order valence-corrected chi connectivity index (χ1v) is 5.60. The zero-order valence-corrected chi connectivity index (χ0v) is 10.6. The summed E-state index contributed by atoms with van der Waals surface area (Å²) in [5.41, 5.74) is 1.58. The minimum absolute atomic E-state index is 0.292. The smallest absolute Gasteiger partial charge is 0.399 e. The SMILES string of the molecule is Cc1ccncc1B1OC(C)(C)C(C)(C)O1. The summed E-state index contributed by atoms with van der Waals surface area (Å²) in [6.07, 6.45) is 3.60. The molecular formula is C12H18BNO2. The third kappa shape index (κ3) is 1.76. The highest BCUT2D eigenvalue weighted by Crippen LogP contribution is 2.36. The largest absolute Gasteiger partial charge is 0.496 e. The number of hydrogen-bond donors (Lipinski definition) is 0. The van der Waals surface area contributed by atoms with Gasteiger partial charge in [0.25, 0.3) is 0 Å². The predicted octanol–water partition coefficient (Wildman–Crippen LogP) is 1.69. The quantitative estimate of drug-likeness (QED) is 0.673. The van der Waals surface area contributed by atoms with Crippen molar-refractivity contribution in [1.29, 1.82) is 0 Å². The Kier molecular flexibility index (Phi) is 2.59. The summed E-state index contributed by atoms with van der Waals surface area (Å²) in [7, 11) is -0.307. The van der Waals surface area contributed by atoms with Gasteiger partial charge in [-0.15, -0.1) is 0 Å². The summed E-state index contributed by atoms with van der Waals surface area (Å²) in [4.78, 5) is 4.13. The molecule has 0 bridgehead atoms. The van der Waals surface area contributed by atoms with Crippen LogP contribution in [0.25, 0.3) is 0 Å². The maximum Gasteiger partial charge on any atom is 0.496 e. The highest BCUT2D eigenvalue weighted by Gasteiger charge is 2.52. The van der Waals surface area contributed by atoms with Gasteiger partial charge in [-0.3, -0.25) is 4.98 Å². The Balaban J connectivity index is 2.31. The fraction of sp³-hybridized carbons (Fsp3) is 0.583. The minimum Gasteiger partial charge on any atom is -0.399 e. The first-order chi connectivity index (χ1) is 7.33. The van der Waals surface area contributed by atoms with Gasteiger partial charge in [0.15, 0.2) is 0 Å². The van der Waals surface area contributed by atoms with Gasteiger partial charge in [-0.1, -0.05) is 0 Å². The second-order valence-corrected chi connectivity index (χ2v) is 5.32. The van der Waals surface area contributed by atoms with Crippen molar-refractivity contribution < 1.29 is 9.31 Å². The first-order valence-electron chi connectivity index (χ1n) is 5.60. The van der Waals surface area contributed by atoms with E-state index < -0.39 is 0 Å². The molecule has 0 amide bonds. The molecule has 0 radical (unpaired) electrons. The fourth-order valence-electron chi connectivity index (χ4n) is 1.69. The van der Waals surface area contributed by atoms with Gasteiger partial charge in [0.05, 0.1) is 11.2 Å². The monoisotopic (exact) mass is 219 g/mol. The molecule has 0 atom stereocenters. The van der Waals surface area contributed by atoms with E-state index in [1.165, 1.54) is 0 Å². The van der Waals surface area contributed by atoms with Crippen LogP contribution in [0.5, 0.6) is 0 Å². The molecule has 3 nitrogen and oxygen atoms in total. The lowest BCUT2D eigenvalue weighted by Gasteiger charge is -2.32. The molecule has 16 heavy (non-hydrogen) atoms. The second kappa shape index (κ2) is 3.57. The van der Waals surface area contributed by atoms with E-state index in [0.717, 1.165) is 11.0 Å². The van der Waals surface area contributed by atoms with E-state index in [9.17, 15) is 0 Å². The van der Waals surface area contributed by atoms with Crippen molar-refractivity contribution in [2.45, 2.75) is 45.8 Å². The lowest BCUT2D eigenvalue weighted by Crippen LogP contribution is -2.41. The summed E-state index contributed by atoms with van der Waals surface area (Å²) in [5, 5.41) is 0. The first kappa shape index (κ1) is 11.6. The van der Waals surface area contributed by atoms with Crippen LogP contribution in [0, 0.1) is 6.92 Å². The summed E-state index contributed by atoms with van der Waals surface area (Å²) in [6, 6.07) is 1.97. The molecule has 2 heterocycles. The van der Waals surface area contributed by atoms with Crippen molar-refractivity contribution in [1.82, 2.24) is 4.98 Å². The topological polar surface area (TPSA) is 31.4 Å². The molecule has 0 unspecified atom stereocenters. The number of aromatic nitrogens is 1. The van der Waals surface area contributed by atoms with Gasteiger partial charge in [0.1, 0.15) is 0 Å². The van der Waals surface area contributed by atoms with Crippen molar-refractivity contribution in [2.75, 3.05) is 0 Å². The van der Waals surface area contributed by atoms with Crippen LogP contribution < -0.4 is 5.46 Å². The molecule has 0 N–H and O–H groups in total. The Morgan fingerprint density at radius 2 is 1.69 bits per heavy atom. The Morgan fingerprint density at radius 3 is 2.19 bits per heavy atom. The van der Waals surface area contributed by atoms with Crippen LogP contribution in [0.1, 0.15) is 33.3 Å². The third-order valence-corrected chi connectivity index (χ3v) is 3.59. The van der Waals surface area contributed by atoms with E-state index in [2.05, 4.69) is 32.7 Å². The average molecular weight is 219 g/mol. The predicted molar refractivity (Wildman–Crippen MR) is 64.7 cm³/mol. The van der Waals surface area contributed by atoms with Crippen molar-refractivity contribution in [3.63, 3.8) is 0 Å². The molecule has 1 fully saturated rings. The molecular weight excluding hydrogens is 201 g/mol. The Morgan fingerprint density at radius 1 is 1.12 bits per heavy atom. The zero-order valence-electron chi connectivity index (χ0n) is 10.6. The number of pyridine rings is 1. The second-order valence-electron chi connectivity index (χ2n) is 5.32. The molecule has 1 aliphatic heterocycles. The molecule has 0 aromatic carbocycles. The molecule has 4 heteroatoms. The molecule has 0 aliphatic carbocycles. The van der Waals surface area contributed by atoms with Crippen LogP contribution in [0.15, 0.2) is 18.5 Å². The van der Waals surface area contributed by atoms with Crippen LogP contribution in [-0.2, 0) is 9.31 Å². The van der Waals surface area contributed by atoms with Crippen LogP contribution in [0.4, 0.5) is 0 Å². The fourth-order valence-corrected chi connectivity index (χ4v) is 1.69. The summed E-state index contributed by atoms with van der Waals surface area (Å²) in [6.45, 7) is 10.3. The number of rotatable bonds is 1. The Hall–Kier alpha value is -0.865. The Bertz CT molecular complexity index is 388. The molecule has 0 saturated carbocycles. The standard InChI is InChI=1S/C12H18BNO2/c1-9-6-7-14-8-10(9)13-15-11(2,3)12(4,5)16-13/h6-8H,1-5H3. The van der Waals surface area contributed by atoms with Gasteiger partial charge in [0, 0.05) is 17.9 Å². The molecule has 1 aliphatic rings. The molecule has 1 saturated heterocycles. The Labute approximate surface area is 97.3 Å². The highest BCUT2D eigenvalue weighted by atomic mass is 16.7. The third-order valence-electron chi connectivity index (χ3n) is 3.59. The maximum absolute atomic E-state index is 5.97. The number of hydrogen-bond acceptors (Lipinski definition) is 3. The van der Waals surface area contributed by atoms with Gasteiger partial charge in [0.2, 0.25) is 0 Å². The van der Waals surface area contributed by atoms with E-state index in [0.29, 0.717) is 0 Å². The van der Waals surface area contributed by atoms with E-state index in [4.69, 9.17) is 9.31 Å².